The van der Waals surface area contributed by atoms with Crippen molar-refractivity contribution in [1.29, 1.82) is 0 Å². The SMILES string of the molecule is CC(NC(=O)C(Cc1c[nH]c2ccccc12)NC(=O)C(NC(=O)C(N)CC(N)=O)C(C)C)C(=O)O. The predicted molar refractivity (Wildman–Crippen MR) is 128 cm³/mol. The lowest BCUT2D eigenvalue weighted by molar-refractivity contribution is -0.141. The quantitative estimate of drug-likeness (QED) is 0.200. The Morgan fingerprint density at radius 3 is 2.23 bits per heavy atom. The molecule has 0 fully saturated rings. The number of amides is 4. The molecule has 0 radical (unpaired) electrons. The van der Waals surface area contributed by atoms with Crippen LogP contribution in [-0.2, 0) is 30.4 Å². The molecule has 9 N–H and O–H groups in total. The molecule has 1 heterocycles. The molecule has 1 aromatic carbocycles. The molecule has 1 aromatic heterocycles. The Morgan fingerprint density at radius 2 is 1.63 bits per heavy atom. The number of para-hydroxylation sites is 1. The van der Waals surface area contributed by atoms with Crippen molar-refractivity contribution in [2.75, 3.05) is 0 Å². The zero-order valence-electron chi connectivity index (χ0n) is 19.8. The van der Waals surface area contributed by atoms with Crippen LogP contribution in [0.25, 0.3) is 10.9 Å². The van der Waals surface area contributed by atoms with E-state index in [4.69, 9.17) is 16.6 Å². The molecule has 0 aliphatic heterocycles. The number of benzene rings is 1. The number of primary amides is 1. The van der Waals surface area contributed by atoms with E-state index in [9.17, 15) is 24.0 Å². The maximum Gasteiger partial charge on any atom is 0.325 e. The molecule has 35 heavy (non-hydrogen) atoms. The zero-order chi connectivity index (χ0) is 26.3. The van der Waals surface area contributed by atoms with Gasteiger partial charge in [0.1, 0.15) is 18.1 Å². The fourth-order valence-corrected chi connectivity index (χ4v) is 3.47. The number of carbonyl (C=O) groups excluding carboxylic acids is 4. The van der Waals surface area contributed by atoms with Crippen LogP contribution in [0.5, 0.6) is 0 Å². The van der Waals surface area contributed by atoms with Crippen molar-refractivity contribution in [3.63, 3.8) is 0 Å². The second-order valence-corrected chi connectivity index (χ2v) is 8.70. The van der Waals surface area contributed by atoms with Crippen molar-refractivity contribution in [2.45, 2.75) is 57.8 Å². The van der Waals surface area contributed by atoms with Gasteiger partial charge in [0.25, 0.3) is 0 Å². The number of aromatic amines is 1. The molecule has 0 aliphatic carbocycles. The molecular weight excluding hydrogens is 456 g/mol. The van der Waals surface area contributed by atoms with Crippen molar-refractivity contribution in [3.8, 4) is 0 Å². The predicted octanol–water partition coefficient (Wildman–Crippen LogP) is -0.872. The first-order valence-corrected chi connectivity index (χ1v) is 11.1. The normalized spacial score (nSPS) is 14.5. The van der Waals surface area contributed by atoms with Crippen LogP contribution >= 0.6 is 0 Å². The smallest absolute Gasteiger partial charge is 0.325 e. The van der Waals surface area contributed by atoms with Gasteiger partial charge >= 0.3 is 5.97 Å². The Morgan fingerprint density at radius 1 is 0.971 bits per heavy atom. The first-order valence-electron chi connectivity index (χ1n) is 11.1. The number of nitrogens with one attached hydrogen (secondary N) is 4. The van der Waals surface area contributed by atoms with E-state index in [2.05, 4.69) is 20.9 Å². The summed E-state index contributed by atoms with van der Waals surface area (Å²) in [5.74, 6) is -4.49. The minimum absolute atomic E-state index is 0.0634. The minimum atomic E-state index is -1.23. The van der Waals surface area contributed by atoms with Gasteiger partial charge in [-0.3, -0.25) is 24.0 Å². The molecule has 4 unspecified atom stereocenters. The maximum absolute atomic E-state index is 13.1. The molecule has 0 aliphatic rings. The monoisotopic (exact) mass is 488 g/mol. The second kappa shape index (κ2) is 12.0. The van der Waals surface area contributed by atoms with Gasteiger partial charge in [-0.1, -0.05) is 32.0 Å². The van der Waals surface area contributed by atoms with Crippen LogP contribution in [0.1, 0.15) is 32.8 Å². The lowest BCUT2D eigenvalue weighted by Gasteiger charge is -2.26. The van der Waals surface area contributed by atoms with Gasteiger partial charge in [-0.15, -0.1) is 0 Å². The number of fused-ring (bicyclic) bond motifs is 1. The topological polar surface area (TPSA) is 210 Å². The summed E-state index contributed by atoms with van der Waals surface area (Å²) in [6.45, 7) is 4.68. The third-order valence-electron chi connectivity index (χ3n) is 5.47. The Bertz CT molecular complexity index is 1100. The minimum Gasteiger partial charge on any atom is -0.480 e. The van der Waals surface area contributed by atoms with Crippen LogP contribution in [0.2, 0.25) is 0 Å². The van der Waals surface area contributed by atoms with Crippen molar-refractivity contribution in [3.05, 3.63) is 36.0 Å². The molecule has 4 amide bonds. The number of aliphatic carboxylic acids is 1. The van der Waals surface area contributed by atoms with Gasteiger partial charge in [0.15, 0.2) is 0 Å². The molecule has 190 valence electrons. The highest BCUT2D eigenvalue weighted by molar-refractivity contribution is 5.95. The van der Waals surface area contributed by atoms with Crippen molar-refractivity contribution >= 4 is 40.5 Å². The molecule has 0 spiro atoms. The van der Waals surface area contributed by atoms with Gasteiger partial charge in [-0.2, -0.15) is 0 Å². The number of carbonyl (C=O) groups is 5. The Labute approximate surface area is 202 Å². The van der Waals surface area contributed by atoms with E-state index in [0.717, 1.165) is 16.5 Å². The Kier molecular flexibility index (Phi) is 9.34. The molecule has 12 nitrogen and oxygen atoms in total. The summed E-state index contributed by atoms with van der Waals surface area (Å²) in [4.78, 5) is 63.8. The van der Waals surface area contributed by atoms with E-state index in [0.29, 0.717) is 0 Å². The number of aromatic nitrogens is 1. The maximum atomic E-state index is 13.1. The number of hydrogen-bond acceptors (Lipinski definition) is 6. The summed E-state index contributed by atoms with van der Waals surface area (Å²) in [5.41, 5.74) is 12.3. The molecular formula is C23H32N6O6. The Hall–Kier alpha value is -3.93. The third-order valence-corrected chi connectivity index (χ3v) is 5.47. The largest absolute Gasteiger partial charge is 0.480 e. The van der Waals surface area contributed by atoms with Gasteiger partial charge in [0, 0.05) is 23.5 Å². The van der Waals surface area contributed by atoms with Crippen LogP contribution in [0.3, 0.4) is 0 Å². The highest BCUT2D eigenvalue weighted by atomic mass is 16.4. The van der Waals surface area contributed by atoms with Crippen LogP contribution in [0.15, 0.2) is 30.5 Å². The molecule has 2 aromatic rings. The van der Waals surface area contributed by atoms with Crippen LogP contribution < -0.4 is 27.4 Å². The summed E-state index contributed by atoms with van der Waals surface area (Å²) in [5, 5.41) is 17.5. The molecule has 0 bridgehead atoms. The van der Waals surface area contributed by atoms with Crippen molar-refractivity contribution in [1.82, 2.24) is 20.9 Å². The summed E-state index contributed by atoms with van der Waals surface area (Å²) in [6.07, 6.45) is 1.38. The van der Waals surface area contributed by atoms with E-state index in [-0.39, 0.29) is 6.42 Å². The highest BCUT2D eigenvalue weighted by Gasteiger charge is 2.31. The van der Waals surface area contributed by atoms with Crippen LogP contribution in [0.4, 0.5) is 0 Å². The summed E-state index contributed by atoms with van der Waals surface area (Å²) < 4.78 is 0. The van der Waals surface area contributed by atoms with Gasteiger partial charge in [0.05, 0.1) is 12.5 Å². The van der Waals surface area contributed by atoms with Gasteiger partial charge in [-0.25, -0.2) is 0 Å². The summed E-state index contributed by atoms with van der Waals surface area (Å²) >= 11 is 0. The number of rotatable bonds is 12. The van der Waals surface area contributed by atoms with E-state index in [1.807, 2.05) is 24.3 Å². The molecule has 2 rings (SSSR count). The summed E-state index contributed by atoms with van der Waals surface area (Å²) in [6, 6.07) is 2.77. The summed E-state index contributed by atoms with van der Waals surface area (Å²) in [7, 11) is 0. The lowest BCUT2D eigenvalue weighted by Crippen LogP contribution is -2.58. The van der Waals surface area contributed by atoms with Crippen LogP contribution in [0, 0.1) is 5.92 Å². The fraction of sp³-hybridized carbons (Fsp3) is 0.435. The van der Waals surface area contributed by atoms with Crippen molar-refractivity contribution < 1.29 is 29.1 Å². The van der Waals surface area contributed by atoms with Gasteiger partial charge < -0.3 is 37.5 Å². The second-order valence-electron chi connectivity index (χ2n) is 8.70. The third kappa shape index (κ3) is 7.54. The van der Waals surface area contributed by atoms with E-state index >= 15 is 0 Å². The zero-order valence-corrected chi connectivity index (χ0v) is 19.8. The average molecular weight is 489 g/mol. The molecule has 4 atom stereocenters. The Balaban J connectivity index is 2.26. The lowest BCUT2D eigenvalue weighted by atomic mass is 10.00. The van der Waals surface area contributed by atoms with Gasteiger partial charge in [0.2, 0.25) is 23.6 Å². The first kappa shape index (κ1) is 27.3. The van der Waals surface area contributed by atoms with E-state index in [1.165, 1.54) is 6.92 Å². The molecule has 0 saturated carbocycles. The molecule has 0 saturated heterocycles. The van der Waals surface area contributed by atoms with E-state index in [1.54, 1.807) is 20.0 Å². The number of hydrogen-bond donors (Lipinski definition) is 7. The molecule has 12 heteroatoms. The number of H-pyrrole nitrogens is 1. The highest BCUT2D eigenvalue weighted by Crippen LogP contribution is 2.19. The number of carboxylic acid groups (broad SMARTS) is 1. The van der Waals surface area contributed by atoms with Gasteiger partial charge in [-0.05, 0) is 24.5 Å². The van der Waals surface area contributed by atoms with Crippen molar-refractivity contribution in [2.24, 2.45) is 17.4 Å². The van der Waals surface area contributed by atoms with Crippen LogP contribution in [-0.4, -0.2) is 63.9 Å². The average Bonchev–Trinajstić information content (AvgIpc) is 3.18. The standard InChI is InChI=1S/C23H32N6O6/c1-11(2)19(29-20(31)15(24)9-18(25)30)22(33)28-17(21(32)27-12(3)23(34)35)8-13-10-26-16-7-5-4-6-14(13)16/h4-7,10-12,15,17,19,26H,8-9,24H2,1-3H3,(H2,25,30)(H,27,32)(H,28,33)(H,29,31)(H,34,35). The fourth-order valence-electron chi connectivity index (χ4n) is 3.47. The number of carboxylic acids is 1. The number of nitrogens with two attached hydrogens (primary N) is 2. The van der Waals surface area contributed by atoms with E-state index < -0.39 is 66.1 Å². The first-order chi connectivity index (χ1) is 16.4.